The lowest BCUT2D eigenvalue weighted by Gasteiger charge is -2.40. The highest BCUT2D eigenvalue weighted by atomic mass is 79.9. The highest BCUT2D eigenvalue weighted by molar-refractivity contribution is 9.10. The van der Waals surface area contributed by atoms with Crippen LogP contribution in [-0.4, -0.2) is 48.4 Å². The molecule has 0 unspecified atom stereocenters. The van der Waals surface area contributed by atoms with Gasteiger partial charge in [-0.3, -0.25) is 15.3 Å². The molecule has 9 nitrogen and oxygen atoms in total. The van der Waals surface area contributed by atoms with E-state index in [-0.39, 0.29) is 38.6 Å². The Morgan fingerprint density at radius 3 is 2.38 bits per heavy atom. The number of sulfonamides is 1. The lowest BCUT2D eigenvalue weighted by molar-refractivity contribution is -0.137. The highest BCUT2D eigenvalue weighted by Gasteiger charge is 2.39. The van der Waals surface area contributed by atoms with Gasteiger partial charge in [-0.05, 0) is 49.2 Å². The molecule has 0 saturated carbocycles. The molecule has 4 rings (SSSR count). The fourth-order valence-corrected chi connectivity index (χ4v) is 6.13. The second-order valence-electron chi connectivity index (χ2n) is 7.80. The Morgan fingerprint density at radius 2 is 1.76 bits per heavy atom. The summed E-state index contributed by atoms with van der Waals surface area (Å²) in [6, 6.07) is 6.62. The molecule has 0 aliphatic carbocycles. The van der Waals surface area contributed by atoms with E-state index in [1.165, 1.54) is 4.90 Å². The Balaban J connectivity index is 1.57. The van der Waals surface area contributed by atoms with Crippen molar-refractivity contribution in [3.8, 4) is 0 Å². The summed E-state index contributed by atoms with van der Waals surface area (Å²) in [7, 11) is -4.37. The van der Waals surface area contributed by atoms with Crippen LogP contribution in [0, 0.1) is 0 Å². The van der Waals surface area contributed by atoms with Gasteiger partial charge in [-0.2, -0.15) is 17.5 Å². The van der Waals surface area contributed by atoms with Gasteiger partial charge in [0, 0.05) is 29.2 Å². The van der Waals surface area contributed by atoms with E-state index in [4.69, 9.17) is 4.74 Å². The molecular weight excluding hydrogens is 547 g/mol. The minimum Gasteiger partial charge on any atom is -0.444 e. The fourth-order valence-electron chi connectivity index (χ4n) is 4.11. The number of cyclic esters (lactones) is 1. The van der Waals surface area contributed by atoms with Gasteiger partial charge in [0.15, 0.2) is 0 Å². The molecule has 2 aliphatic heterocycles. The van der Waals surface area contributed by atoms with E-state index in [1.807, 2.05) is 6.07 Å². The number of amides is 1. The molecule has 2 aromatic carbocycles. The number of carbonyl (C=O) groups is 1. The first-order valence-electron chi connectivity index (χ1n) is 10.0. The Hall–Kier alpha value is -2.39. The molecule has 184 valence electrons. The number of fused-ring (bicyclic) bond motifs is 1. The normalized spacial score (nSPS) is 17.9. The van der Waals surface area contributed by atoms with Crippen LogP contribution >= 0.6 is 15.9 Å². The zero-order valence-corrected chi connectivity index (χ0v) is 19.8. The van der Waals surface area contributed by atoms with Crippen LogP contribution in [0.15, 0.2) is 45.8 Å². The van der Waals surface area contributed by atoms with Gasteiger partial charge in [-0.1, -0.05) is 15.9 Å². The lowest BCUT2D eigenvalue weighted by atomic mass is 10.0. The number of ether oxygens (including phenoxy) is 1. The zero-order chi connectivity index (χ0) is 24.8. The van der Waals surface area contributed by atoms with Crippen LogP contribution < -0.4 is 10.1 Å². The number of benzene rings is 2. The number of halogens is 4. The van der Waals surface area contributed by atoms with Gasteiger partial charge in [0.2, 0.25) is 10.0 Å². The number of alkyl halides is 3. The van der Waals surface area contributed by atoms with Crippen LogP contribution in [0.1, 0.15) is 24.0 Å². The molecule has 2 aromatic rings. The molecule has 1 saturated heterocycles. The van der Waals surface area contributed by atoms with E-state index >= 15 is 0 Å². The Kier molecular flexibility index (Phi) is 6.54. The van der Waals surface area contributed by atoms with Gasteiger partial charge in [0.25, 0.3) is 0 Å². The molecule has 34 heavy (non-hydrogen) atoms. The summed E-state index contributed by atoms with van der Waals surface area (Å²) in [6.45, 7) is 0.0345. The molecule has 2 heterocycles. The quantitative estimate of drug-likeness (QED) is 0.530. The van der Waals surface area contributed by atoms with Crippen molar-refractivity contribution in [2.45, 2.75) is 36.6 Å². The van der Waals surface area contributed by atoms with Gasteiger partial charge in [-0.15, -0.1) is 5.23 Å². The van der Waals surface area contributed by atoms with Gasteiger partial charge >= 0.3 is 12.3 Å². The SMILES string of the molecule is O=C1OCc2cc(Br)ccc2N1C1CCN(S(=O)(=O)c2ccc(C(F)(F)F)cc2N(O)O)CC1. The Bertz CT molecular complexity index is 1220. The number of carbonyl (C=O) groups excluding carboxylic acids is 1. The molecule has 0 spiro atoms. The molecule has 1 fully saturated rings. The molecule has 0 aromatic heterocycles. The molecule has 0 radical (unpaired) electrons. The van der Waals surface area contributed by atoms with Crippen molar-refractivity contribution in [1.82, 2.24) is 4.31 Å². The monoisotopic (exact) mass is 565 g/mol. The first-order valence-corrected chi connectivity index (χ1v) is 12.3. The fraction of sp³-hybridized carbons (Fsp3) is 0.350. The predicted octanol–water partition coefficient (Wildman–Crippen LogP) is 4.36. The molecule has 2 aliphatic rings. The summed E-state index contributed by atoms with van der Waals surface area (Å²) < 4.78 is 72.4. The summed E-state index contributed by atoms with van der Waals surface area (Å²) in [5.74, 6) is 0. The number of rotatable bonds is 4. The van der Waals surface area contributed by atoms with Crippen LogP contribution in [0.5, 0.6) is 0 Å². The molecule has 0 bridgehead atoms. The summed E-state index contributed by atoms with van der Waals surface area (Å²) in [5, 5.41) is 18.1. The predicted molar refractivity (Wildman–Crippen MR) is 116 cm³/mol. The zero-order valence-electron chi connectivity index (χ0n) is 17.4. The van der Waals surface area contributed by atoms with Gasteiger partial charge in [-0.25, -0.2) is 13.2 Å². The topological polar surface area (TPSA) is 111 Å². The maximum Gasteiger partial charge on any atom is 0.416 e. The molecular formula is C20H19BrF3N3O6S. The van der Waals surface area contributed by atoms with Crippen molar-refractivity contribution >= 4 is 43.4 Å². The summed E-state index contributed by atoms with van der Waals surface area (Å²) in [4.78, 5) is 13.3. The van der Waals surface area contributed by atoms with Crippen LogP contribution in [0.25, 0.3) is 0 Å². The Morgan fingerprint density at radius 1 is 1.09 bits per heavy atom. The van der Waals surface area contributed by atoms with E-state index in [9.17, 15) is 36.8 Å². The number of hydrogen-bond acceptors (Lipinski definition) is 7. The largest absolute Gasteiger partial charge is 0.444 e. The minimum absolute atomic E-state index is 0.0417. The van der Waals surface area contributed by atoms with Crippen LogP contribution in [0.4, 0.5) is 29.3 Å². The molecule has 2 N–H and O–H groups in total. The lowest BCUT2D eigenvalue weighted by Crippen LogP contribution is -2.50. The minimum atomic E-state index is -4.81. The van der Waals surface area contributed by atoms with Crippen LogP contribution in [-0.2, 0) is 27.5 Å². The number of anilines is 2. The number of nitrogens with zero attached hydrogens (tertiary/aromatic N) is 3. The van der Waals surface area contributed by atoms with Crippen molar-refractivity contribution in [2.24, 2.45) is 0 Å². The highest BCUT2D eigenvalue weighted by Crippen LogP contribution is 2.37. The van der Waals surface area contributed by atoms with Crippen LogP contribution in [0.2, 0.25) is 0 Å². The van der Waals surface area contributed by atoms with Crippen molar-refractivity contribution in [3.05, 3.63) is 52.0 Å². The first-order chi connectivity index (χ1) is 15.9. The molecule has 14 heteroatoms. The van der Waals surface area contributed by atoms with Crippen molar-refractivity contribution in [1.29, 1.82) is 0 Å². The third-order valence-electron chi connectivity index (χ3n) is 5.76. The number of piperidine rings is 1. The smallest absolute Gasteiger partial charge is 0.416 e. The van der Waals surface area contributed by atoms with E-state index in [0.717, 1.165) is 14.3 Å². The van der Waals surface area contributed by atoms with E-state index in [0.29, 0.717) is 23.9 Å². The van der Waals surface area contributed by atoms with Gasteiger partial charge in [0.05, 0.1) is 11.3 Å². The Labute approximate surface area is 201 Å². The molecule has 1 amide bonds. The molecule has 0 atom stereocenters. The third-order valence-corrected chi connectivity index (χ3v) is 8.20. The second kappa shape index (κ2) is 9.00. The summed E-state index contributed by atoms with van der Waals surface area (Å²) in [6.07, 6.45) is -4.87. The summed E-state index contributed by atoms with van der Waals surface area (Å²) >= 11 is 3.37. The van der Waals surface area contributed by atoms with Crippen molar-refractivity contribution in [3.63, 3.8) is 0 Å². The maximum atomic E-state index is 13.1. The first kappa shape index (κ1) is 24.7. The van der Waals surface area contributed by atoms with E-state index < -0.39 is 43.7 Å². The third kappa shape index (κ3) is 4.60. The standard InChI is InChI=1S/C20H19BrF3N3O6S/c21-14-2-3-16-12(9-14)11-33-19(28)26(16)15-5-7-25(8-6-15)34(31,32)18-4-1-13(20(22,23)24)10-17(18)27(29)30/h1-4,9-10,15,29-30H,5-8,11H2. The van der Waals surface area contributed by atoms with Gasteiger partial charge in [0.1, 0.15) is 17.2 Å². The average molecular weight is 566 g/mol. The average Bonchev–Trinajstić information content (AvgIpc) is 2.78. The maximum absolute atomic E-state index is 13.1. The second-order valence-corrected chi connectivity index (χ2v) is 10.6. The van der Waals surface area contributed by atoms with E-state index in [1.54, 1.807) is 12.1 Å². The summed E-state index contributed by atoms with van der Waals surface area (Å²) in [5.41, 5.74) is -0.690. The van der Waals surface area contributed by atoms with E-state index in [2.05, 4.69) is 15.9 Å². The van der Waals surface area contributed by atoms with Crippen LogP contribution in [0.3, 0.4) is 0 Å². The van der Waals surface area contributed by atoms with Crippen molar-refractivity contribution < 1.29 is 41.5 Å². The number of hydrogen-bond donors (Lipinski definition) is 2. The van der Waals surface area contributed by atoms with Gasteiger partial charge < -0.3 is 4.74 Å². The van der Waals surface area contributed by atoms with Crippen molar-refractivity contribution in [2.75, 3.05) is 23.2 Å².